The average molecular weight is 283 g/mol. The first-order valence-corrected chi connectivity index (χ1v) is 7.21. The van der Waals surface area contributed by atoms with Gasteiger partial charge in [0.25, 0.3) is 0 Å². The highest BCUT2D eigenvalue weighted by molar-refractivity contribution is 5.51. The number of benzene rings is 2. The number of rotatable bonds is 4. The van der Waals surface area contributed by atoms with Crippen molar-refractivity contribution in [3.8, 4) is 17.2 Å². The van der Waals surface area contributed by atoms with Gasteiger partial charge in [-0.05, 0) is 23.6 Å². The van der Waals surface area contributed by atoms with Crippen molar-refractivity contribution in [2.75, 3.05) is 13.3 Å². The van der Waals surface area contributed by atoms with Crippen molar-refractivity contribution < 1.29 is 14.6 Å². The van der Waals surface area contributed by atoms with Crippen LogP contribution >= 0.6 is 0 Å². The minimum Gasteiger partial charge on any atom is -0.507 e. The molecule has 1 aliphatic heterocycles. The molecule has 0 saturated heterocycles. The molecular formula is C17H17NO3. The quantitative estimate of drug-likeness (QED) is 0.905. The van der Waals surface area contributed by atoms with E-state index >= 15 is 0 Å². The number of hydrogen-bond donors (Lipinski definition) is 2. The zero-order valence-electron chi connectivity index (χ0n) is 11.6. The molecule has 1 heterocycles. The molecule has 0 spiro atoms. The van der Waals surface area contributed by atoms with Crippen LogP contribution in [0, 0.1) is 0 Å². The zero-order chi connectivity index (χ0) is 14.2. The van der Waals surface area contributed by atoms with Crippen LogP contribution in [0.5, 0.6) is 17.2 Å². The summed E-state index contributed by atoms with van der Waals surface area (Å²) >= 11 is 0. The first-order chi connectivity index (χ1) is 10.3. The summed E-state index contributed by atoms with van der Waals surface area (Å²) in [6.07, 6.45) is 1.14. The van der Waals surface area contributed by atoms with Crippen LogP contribution in [0.4, 0.5) is 0 Å². The van der Waals surface area contributed by atoms with Crippen molar-refractivity contribution in [3.63, 3.8) is 0 Å². The van der Waals surface area contributed by atoms with E-state index < -0.39 is 0 Å². The molecular weight excluding hydrogens is 266 g/mol. The Labute approximate surface area is 123 Å². The Morgan fingerprint density at radius 2 is 1.95 bits per heavy atom. The summed E-state index contributed by atoms with van der Waals surface area (Å²) in [6, 6.07) is 12.0. The Bertz CT molecular complexity index is 684. The van der Waals surface area contributed by atoms with Crippen molar-refractivity contribution in [2.24, 2.45) is 0 Å². The van der Waals surface area contributed by atoms with Gasteiger partial charge in [-0.25, -0.2) is 0 Å². The molecule has 0 saturated carbocycles. The Hall–Kier alpha value is -2.20. The van der Waals surface area contributed by atoms with E-state index in [9.17, 15) is 5.11 Å². The number of nitrogens with one attached hydrogen (secondary N) is 1. The number of aromatic hydroxyl groups is 1. The van der Waals surface area contributed by atoms with Crippen molar-refractivity contribution in [2.45, 2.75) is 18.9 Å². The van der Waals surface area contributed by atoms with Gasteiger partial charge in [-0.15, -0.1) is 0 Å². The van der Waals surface area contributed by atoms with Crippen LogP contribution in [-0.2, 0) is 13.0 Å². The third-order valence-corrected chi connectivity index (χ3v) is 4.24. The maximum atomic E-state index is 9.99. The van der Waals surface area contributed by atoms with Gasteiger partial charge in [0, 0.05) is 30.6 Å². The number of phenolic OH excluding ortho intramolecular Hbond substituents is 1. The van der Waals surface area contributed by atoms with Gasteiger partial charge in [0.05, 0.1) is 0 Å². The smallest absolute Gasteiger partial charge is 0.231 e. The SMILES string of the molecule is Oc1cc2c(cc1CNCC1Cc3ccccc31)OCO2. The molecule has 2 aromatic rings. The Morgan fingerprint density at radius 3 is 2.81 bits per heavy atom. The second kappa shape index (κ2) is 4.97. The summed E-state index contributed by atoms with van der Waals surface area (Å²) in [4.78, 5) is 0. The molecule has 2 N–H and O–H groups in total. The zero-order valence-corrected chi connectivity index (χ0v) is 11.6. The fourth-order valence-electron chi connectivity index (χ4n) is 3.04. The molecule has 0 fully saturated rings. The summed E-state index contributed by atoms with van der Waals surface area (Å²) in [7, 11) is 0. The summed E-state index contributed by atoms with van der Waals surface area (Å²) in [5.41, 5.74) is 3.74. The van der Waals surface area contributed by atoms with Gasteiger partial charge in [-0.3, -0.25) is 0 Å². The van der Waals surface area contributed by atoms with Gasteiger partial charge in [-0.1, -0.05) is 24.3 Å². The van der Waals surface area contributed by atoms with Crippen LogP contribution in [0.25, 0.3) is 0 Å². The summed E-state index contributed by atoms with van der Waals surface area (Å²) < 4.78 is 10.6. The Morgan fingerprint density at radius 1 is 1.14 bits per heavy atom. The third kappa shape index (κ3) is 2.21. The van der Waals surface area contributed by atoms with E-state index in [-0.39, 0.29) is 12.5 Å². The topological polar surface area (TPSA) is 50.7 Å². The van der Waals surface area contributed by atoms with E-state index in [1.807, 2.05) is 6.07 Å². The fraction of sp³-hybridized carbons (Fsp3) is 0.294. The van der Waals surface area contributed by atoms with Crippen LogP contribution in [-0.4, -0.2) is 18.4 Å². The van der Waals surface area contributed by atoms with Gasteiger partial charge in [0.15, 0.2) is 11.5 Å². The molecule has 4 heteroatoms. The minimum atomic E-state index is 0.227. The largest absolute Gasteiger partial charge is 0.507 e. The third-order valence-electron chi connectivity index (χ3n) is 4.24. The Kier molecular flexibility index (Phi) is 2.97. The highest BCUT2D eigenvalue weighted by Gasteiger charge is 2.25. The average Bonchev–Trinajstić information content (AvgIpc) is 2.91. The number of fused-ring (bicyclic) bond motifs is 2. The van der Waals surface area contributed by atoms with E-state index in [4.69, 9.17) is 9.47 Å². The highest BCUT2D eigenvalue weighted by Crippen LogP contribution is 2.38. The first kappa shape index (κ1) is 12.5. The molecule has 4 nitrogen and oxygen atoms in total. The van der Waals surface area contributed by atoms with Crippen LogP contribution in [0.1, 0.15) is 22.6 Å². The molecule has 0 radical (unpaired) electrons. The number of ether oxygens (including phenoxy) is 2. The van der Waals surface area contributed by atoms with E-state index in [0.29, 0.717) is 24.0 Å². The summed E-state index contributed by atoms with van der Waals surface area (Å²) in [5, 5.41) is 13.4. The normalized spacial score (nSPS) is 18.2. The predicted octanol–water partition coefficient (Wildman–Crippen LogP) is 2.55. The lowest BCUT2D eigenvalue weighted by molar-refractivity contribution is 0.174. The summed E-state index contributed by atoms with van der Waals surface area (Å²) in [5.74, 6) is 2.15. The molecule has 4 rings (SSSR count). The predicted molar refractivity (Wildman–Crippen MR) is 78.8 cm³/mol. The molecule has 21 heavy (non-hydrogen) atoms. The highest BCUT2D eigenvalue weighted by atomic mass is 16.7. The van der Waals surface area contributed by atoms with E-state index in [1.165, 1.54) is 11.1 Å². The lowest BCUT2D eigenvalue weighted by Gasteiger charge is -2.30. The monoisotopic (exact) mass is 283 g/mol. The van der Waals surface area contributed by atoms with Crippen LogP contribution in [0.15, 0.2) is 36.4 Å². The molecule has 0 amide bonds. The number of hydrogen-bond acceptors (Lipinski definition) is 4. The van der Waals surface area contributed by atoms with Gasteiger partial charge in [0.1, 0.15) is 5.75 Å². The minimum absolute atomic E-state index is 0.227. The van der Waals surface area contributed by atoms with Crippen molar-refractivity contribution in [3.05, 3.63) is 53.1 Å². The molecule has 0 bridgehead atoms. The molecule has 1 aliphatic carbocycles. The van der Waals surface area contributed by atoms with E-state index in [0.717, 1.165) is 18.5 Å². The molecule has 2 aliphatic rings. The molecule has 2 aromatic carbocycles. The van der Waals surface area contributed by atoms with Crippen molar-refractivity contribution >= 4 is 0 Å². The maximum Gasteiger partial charge on any atom is 0.231 e. The van der Waals surface area contributed by atoms with Gasteiger partial charge >= 0.3 is 0 Å². The van der Waals surface area contributed by atoms with Gasteiger partial charge < -0.3 is 19.9 Å². The Balaban J connectivity index is 1.38. The standard InChI is InChI=1S/C17H17NO3/c19-15-7-17-16(20-10-21-17)6-13(15)9-18-8-12-5-11-3-1-2-4-14(11)12/h1-4,6-7,12,18-19H,5,8-10H2. The van der Waals surface area contributed by atoms with Crippen molar-refractivity contribution in [1.82, 2.24) is 5.32 Å². The second-order valence-electron chi connectivity index (χ2n) is 5.56. The maximum absolute atomic E-state index is 9.99. The fourth-order valence-corrected chi connectivity index (χ4v) is 3.04. The van der Waals surface area contributed by atoms with E-state index in [1.54, 1.807) is 6.07 Å². The van der Waals surface area contributed by atoms with Crippen LogP contribution in [0.3, 0.4) is 0 Å². The molecule has 1 atom stereocenters. The second-order valence-corrected chi connectivity index (χ2v) is 5.56. The van der Waals surface area contributed by atoms with Crippen LogP contribution < -0.4 is 14.8 Å². The molecule has 108 valence electrons. The lowest BCUT2D eigenvalue weighted by Crippen LogP contribution is -2.28. The van der Waals surface area contributed by atoms with Gasteiger partial charge in [-0.2, -0.15) is 0 Å². The number of phenols is 1. The lowest BCUT2D eigenvalue weighted by atomic mass is 9.77. The summed E-state index contributed by atoms with van der Waals surface area (Å²) in [6.45, 7) is 1.77. The molecule has 0 aromatic heterocycles. The van der Waals surface area contributed by atoms with Gasteiger partial charge in [0.2, 0.25) is 6.79 Å². The molecule has 1 unspecified atom stereocenters. The van der Waals surface area contributed by atoms with E-state index in [2.05, 4.69) is 29.6 Å². The first-order valence-electron chi connectivity index (χ1n) is 7.21. The van der Waals surface area contributed by atoms with Crippen molar-refractivity contribution in [1.29, 1.82) is 0 Å². The van der Waals surface area contributed by atoms with Crippen LogP contribution in [0.2, 0.25) is 0 Å².